The predicted octanol–water partition coefficient (Wildman–Crippen LogP) is 2.79. The van der Waals surface area contributed by atoms with Crippen LogP contribution in [0.15, 0.2) is 30.3 Å². The molecule has 0 aliphatic heterocycles. The number of carbonyl (C=O) groups is 3. The van der Waals surface area contributed by atoms with Crippen LogP contribution in [-0.2, 0) is 9.53 Å². The number of hydrogen-bond donors (Lipinski definition) is 2. The zero-order valence-corrected chi connectivity index (χ0v) is 15.9. The van der Waals surface area contributed by atoms with E-state index in [2.05, 4.69) is 5.10 Å². The molecule has 0 saturated carbocycles. The minimum absolute atomic E-state index is 0.296. The third kappa shape index (κ3) is 3.79. The predicted molar refractivity (Wildman–Crippen MR) is 101 cm³/mol. The van der Waals surface area contributed by atoms with E-state index in [9.17, 15) is 14.4 Å². The number of amides is 3. The molecule has 0 bridgehead atoms. The van der Waals surface area contributed by atoms with Crippen LogP contribution < -0.4 is 11.1 Å². The van der Waals surface area contributed by atoms with Gasteiger partial charge in [-0.3, -0.25) is 10.1 Å². The number of nitrogens with zero attached hydrogens (tertiary/aromatic N) is 2. The number of ether oxygens (including phenoxy) is 1. The second-order valence-corrected chi connectivity index (χ2v) is 7.12. The molecule has 0 saturated heterocycles. The van der Waals surface area contributed by atoms with Crippen LogP contribution in [-0.4, -0.2) is 33.8 Å². The molecule has 3 aromatic rings. The van der Waals surface area contributed by atoms with E-state index in [1.807, 2.05) is 30.4 Å². The van der Waals surface area contributed by atoms with Gasteiger partial charge in [0.15, 0.2) is 6.10 Å². The Balaban J connectivity index is 1.90. The van der Waals surface area contributed by atoms with Gasteiger partial charge >= 0.3 is 12.0 Å². The van der Waals surface area contributed by atoms with E-state index in [4.69, 9.17) is 22.1 Å². The van der Waals surface area contributed by atoms with E-state index in [0.29, 0.717) is 15.6 Å². The fraction of sp³-hybridized carbons (Fsp3) is 0.176. The molecule has 2 aromatic heterocycles. The average molecular weight is 407 g/mol. The molecule has 1 aromatic carbocycles. The lowest BCUT2D eigenvalue weighted by Crippen LogP contribution is -2.42. The maximum Gasteiger partial charge on any atom is 0.349 e. The highest BCUT2D eigenvalue weighted by atomic mass is 35.5. The van der Waals surface area contributed by atoms with Gasteiger partial charge in [0, 0.05) is 5.39 Å². The number of benzene rings is 1. The van der Waals surface area contributed by atoms with Gasteiger partial charge in [-0.1, -0.05) is 23.7 Å². The molecule has 0 aliphatic carbocycles. The van der Waals surface area contributed by atoms with E-state index in [1.54, 1.807) is 16.8 Å². The highest BCUT2D eigenvalue weighted by Gasteiger charge is 2.23. The van der Waals surface area contributed by atoms with E-state index < -0.39 is 24.0 Å². The lowest BCUT2D eigenvalue weighted by atomic mass is 10.3. The summed E-state index contributed by atoms with van der Waals surface area (Å²) in [6.45, 7) is 3.17. The van der Waals surface area contributed by atoms with Crippen molar-refractivity contribution in [3.63, 3.8) is 0 Å². The smallest absolute Gasteiger partial charge is 0.349 e. The number of esters is 1. The second kappa shape index (κ2) is 7.37. The van der Waals surface area contributed by atoms with Crippen molar-refractivity contribution >= 4 is 51.1 Å². The molecular formula is C17H15ClN4O4S. The number of aromatic nitrogens is 2. The lowest BCUT2D eigenvalue weighted by molar-refractivity contribution is -0.127. The topological polar surface area (TPSA) is 116 Å². The number of primary amides is 1. The number of para-hydroxylation sites is 1. The number of rotatable bonds is 4. The molecule has 8 nitrogen and oxygen atoms in total. The first-order valence-electron chi connectivity index (χ1n) is 7.83. The first kappa shape index (κ1) is 18.9. The monoisotopic (exact) mass is 406 g/mol. The number of nitrogens with two attached hydrogens (primary N) is 1. The number of aryl methyl sites for hydroxylation is 1. The molecular weight excluding hydrogens is 392 g/mol. The summed E-state index contributed by atoms with van der Waals surface area (Å²) in [5.74, 6) is -1.48. The largest absolute Gasteiger partial charge is 0.448 e. The van der Waals surface area contributed by atoms with Gasteiger partial charge in [-0.05, 0) is 32.0 Å². The molecule has 0 fully saturated rings. The number of hydrogen-bond acceptors (Lipinski definition) is 6. The molecule has 0 radical (unpaired) electrons. The Morgan fingerprint density at radius 1 is 1.33 bits per heavy atom. The van der Waals surface area contributed by atoms with Gasteiger partial charge in [0.25, 0.3) is 5.91 Å². The Morgan fingerprint density at radius 2 is 2.04 bits per heavy atom. The SMILES string of the molecule is Cc1nn(-c2ccccc2Cl)c2sc(C(=O)O[C@@H](C)C(=O)NC(N)=O)cc12. The number of halogens is 1. The van der Waals surface area contributed by atoms with Crippen LogP contribution >= 0.6 is 22.9 Å². The minimum Gasteiger partial charge on any atom is -0.448 e. The van der Waals surface area contributed by atoms with Gasteiger partial charge < -0.3 is 10.5 Å². The maximum absolute atomic E-state index is 12.4. The third-order valence-corrected chi connectivity index (χ3v) is 5.14. The molecule has 3 N–H and O–H groups in total. The third-order valence-electron chi connectivity index (χ3n) is 3.73. The summed E-state index contributed by atoms with van der Waals surface area (Å²) in [5, 5.41) is 7.65. The number of carbonyl (C=O) groups excluding carboxylic acids is 3. The summed E-state index contributed by atoms with van der Waals surface area (Å²) in [6.07, 6.45) is -1.17. The van der Waals surface area contributed by atoms with Gasteiger partial charge in [-0.15, -0.1) is 11.3 Å². The molecule has 0 spiro atoms. The van der Waals surface area contributed by atoms with E-state index in [0.717, 1.165) is 15.9 Å². The molecule has 3 amide bonds. The summed E-state index contributed by atoms with van der Waals surface area (Å²) in [4.78, 5) is 35.8. The van der Waals surface area contributed by atoms with Crippen molar-refractivity contribution < 1.29 is 19.1 Å². The fourth-order valence-corrected chi connectivity index (χ4v) is 3.70. The van der Waals surface area contributed by atoms with E-state index >= 15 is 0 Å². The van der Waals surface area contributed by atoms with E-state index in [1.165, 1.54) is 18.3 Å². The van der Waals surface area contributed by atoms with Crippen LogP contribution in [0, 0.1) is 6.92 Å². The van der Waals surface area contributed by atoms with Crippen molar-refractivity contribution in [1.82, 2.24) is 15.1 Å². The standard InChI is InChI=1S/C17H15ClN4O4S/c1-8-10-7-13(16(24)26-9(2)14(23)20-17(19)25)27-15(10)22(21-8)12-6-4-3-5-11(12)18/h3-7,9H,1-2H3,(H3,19,20,23,25)/t9-/m0/s1. The first-order valence-corrected chi connectivity index (χ1v) is 9.02. The van der Waals surface area contributed by atoms with Crippen LogP contribution in [0.3, 0.4) is 0 Å². The van der Waals surface area contributed by atoms with Crippen molar-refractivity contribution in [2.45, 2.75) is 20.0 Å². The highest BCUT2D eigenvalue weighted by Crippen LogP contribution is 2.32. The van der Waals surface area contributed by atoms with Crippen molar-refractivity contribution in [1.29, 1.82) is 0 Å². The molecule has 10 heteroatoms. The van der Waals surface area contributed by atoms with E-state index in [-0.39, 0.29) is 0 Å². The van der Waals surface area contributed by atoms with Crippen LogP contribution in [0.1, 0.15) is 22.3 Å². The number of imide groups is 1. The fourth-order valence-electron chi connectivity index (χ4n) is 2.43. The quantitative estimate of drug-likeness (QED) is 0.646. The minimum atomic E-state index is -1.17. The lowest BCUT2D eigenvalue weighted by Gasteiger charge is -2.10. The number of nitrogens with one attached hydrogen (secondary N) is 1. The number of urea groups is 1. The Labute approximate surface area is 162 Å². The molecule has 0 aliphatic rings. The molecule has 2 heterocycles. The summed E-state index contributed by atoms with van der Waals surface area (Å²) < 4.78 is 6.77. The van der Waals surface area contributed by atoms with Crippen molar-refractivity contribution in [3.8, 4) is 5.69 Å². The Kier molecular flexibility index (Phi) is 5.15. The molecule has 27 heavy (non-hydrogen) atoms. The van der Waals surface area contributed by atoms with Crippen molar-refractivity contribution in [2.75, 3.05) is 0 Å². The highest BCUT2D eigenvalue weighted by molar-refractivity contribution is 7.20. The van der Waals surface area contributed by atoms with Gasteiger partial charge in [0.1, 0.15) is 9.71 Å². The van der Waals surface area contributed by atoms with Crippen molar-refractivity contribution in [2.24, 2.45) is 5.73 Å². The maximum atomic E-state index is 12.4. The Hall–Kier alpha value is -2.91. The summed E-state index contributed by atoms with van der Waals surface area (Å²) >= 11 is 7.42. The number of fused-ring (bicyclic) bond motifs is 1. The Morgan fingerprint density at radius 3 is 2.70 bits per heavy atom. The van der Waals surface area contributed by atoms with Gasteiger partial charge in [-0.2, -0.15) is 5.10 Å². The van der Waals surface area contributed by atoms with Gasteiger partial charge in [0.2, 0.25) is 0 Å². The molecule has 3 rings (SSSR count). The summed E-state index contributed by atoms with van der Waals surface area (Å²) in [5.41, 5.74) is 6.29. The van der Waals surface area contributed by atoms with Crippen LogP contribution in [0.5, 0.6) is 0 Å². The van der Waals surface area contributed by atoms with Crippen LogP contribution in [0.25, 0.3) is 15.9 Å². The molecule has 1 atom stereocenters. The normalized spacial score (nSPS) is 12.0. The van der Waals surface area contributed by atoms with Crippen LogP contribution in [0.2, 0.25) is 5.02 Å². The van der Waals surface area contributed by atoms with Gasteiger partial charge in [-0.25, -0.2) is 14.3 Å². The Bertz CT molecular complexity index is 1060. The number of thiophene rings is 1. The average Bonchev–Trinajstić information content (AvgIpc) is 3.16. The zero-order chi connectivity index (χ0) is 19.7. The summed E-state index contributed by atoms with van der Waals surface area (Å²) in [7, 11) is 0. The molecule has 140 valence electrons. The van der Waals surface area contributed by atoms with Crippen molar-refractivity contribution in [3.05, 3.63) is 45.9 Å². The summed E-state index contributed by atoms with van der Waals surface area (Å²) in [6, 6.07) is 7.86. The zero-order valence-electron chi connectivity index (χ0n) is 14.4. The first-order chi connectivity index (χ1) is 12.8. The van der Waals surface area contributed by atoms with Gasteiger partial charge in [0.05, 0.1) is 16.4 Å². The van der Waals surface area contributed by atoms with Crippen LogP contribution in [0.4, 0.5) is 4.79 Å². The molecule has 0 unspecified atom stereocenters. The second-order valence-electron chi connectivity index (χ2n) is 5.68.